The molecule has 2 aromatic carbocycles. The van der Waals surface area contributed by atoms with E-state index >= 15 is 0 Å². The fourth-order valence-corrected chi connectivity index (χ4v) is 5.43. The number of hydrogen-bond donors (Lipinski definition) is 4. The number of benzene rings is 2. The average molecular weight is 491 g/mol. The second-order valence-corrected chi connectivity index (χ2v) is 10.4. The van der Waals surface area contributed by atoms with Gasteiger partial charge in [0.15, 0.2) is 0 Å². The van der Waals surface area contributed by atoms with E-state index in [-0.39, 0.29) is 12.1 Å². The maximum atomic E-state index is 10.5. The van der Waals surface area contributed by atoms with E-state index in [2.05, 4.69) is 74.4 Å². The van der Waals surface area contributed by atoms with Gasteiger partial charge < -0.3 is 30.6 Å². The fraction of sp³-hybridized carbons (Fsp3) is 0.467. The van der Waals surface area contributed by atoms with Crippen LogP contribution in [0, 0.1) is 13.8 Å². The number of unbranched alkanes of at least 4 members (excludes halogenated alkanes) is 3. The van der Waals surface area contributed by atoms with Crippen LogP contribution in [0.3, 0.4) is 0 Å². The van der Waals surface area contributed by atoms with Gasteiger partial charge >= 0.3 is 0 Å². The van der Waals surface area contributed by atoms with E-state index in [1.165, 1.54) is 11.1 Å². The van der Waals surface area contributed by atoms with Crippen LogP contribution in [0.4, 0.5) is 11.4 Å². The summed E-state index contributed by atoms with van der Waals surface area (Å²) in [6.07, 6.45) is 8.85. The van der Waals surface area contributed by atoms with Gasteiger partial charge in [-0.2, -0.15) is 0 Å². The number of nitrogens with one attached hydrogen (secondary N) is 2. The monoisotopic (exact) mass is 490 g/mol. The number of rotatable bonds is 9. The van der Waals surface area contributed by atoms with E-state index in [9.17, 15) is 10.2 Å². The molecule has 0 aliphatic carbocycles. The van der Waals surface area contributed by atoms with E-state index in [4.69, 9.17) is 0 Å². The molecule has 2 heterocycles. The molecule has 0 spiro atoms. The second-order valence-electron chi connectivity index (χ2n) is 10.4. The number of fused-ring (bicyclic) bond motifs is 2. The minimum Gasteiger partial charge on any atom is -0.507 e. The molecule has 0 radical (unpaired) electrons. The van der Waals surface area contributed by atoms with Crippen LogP contribution in [-0.2, 0) is 0 Å². The maximum absolute atomic E-state index is 10.5. The normalized spacial score (nSPS) is 18.8. The third-order valence-corrected chi connectivity index (χ3v) is 7.73. The second kappa shape index (κ2) is 10.8. The van der Waals surface area contributed by atoms with Gasteiger partial charge in [0.05, 0.1) is 22.5 Å². The molecule has 4 N–H and O–H groups in total. The number of anilines is 2. The Morgan fingerprint density at radius 3 is 1.44 bits per heavy atom. The number of nitrogens with zero attached hydrogens (tertiary/aromatic N) is 2. The van der Waals surface area contributed by atoms with Crippen molar-refractivity contribution in [3.63, 3.8) is 0 Å². The number of likely N-dealkylation sites (N-methyl/N-ethyl adjacent to an activating group) is 2. The third kappa shape index (κ3) is 4.99. The predicted octanol–water partition coefficient (Wildman–Crippen LogP) is 5.51. The van der Waals surface area contributed by atoms with Crippen molar-refractivity contribution in [2.75, 3.05) is 37.0 Å². The Kier molecular flexibility index (Phi) is 7.72. The molecule has 2 aliphatic rings. The highest BCUT2D eigenvalue weighted by molar-refractivity contribution is 5.86. The van der Waals surface area contributed by atoms with Crippen molar-refractivity contribution in [3.8, 4) is 11.5 Å². The van der Waals surface area contributed by atoms with Gasteiger partial charge in [0.2, 0.25) is 0 Å². The van der Waals surface area contributed by atoms with Crippen molar-refractivity contribution in [3.05, 3.63) is 58.7 Å². The van der Waals surface area contributed by atoms with Crippen LogP contribution in [0.2, 0.25) is 0 Å². The summed E-state index contributed by atoms with van der Waals surface area (Å²) in [5, 5.41) is 28.3. The SMILES string of the molecule is Cc1ccc(O)c2c1N(C)C(C)C=C2NCCCCCCNC1=CC(C)N(C)c2c(C)ccc(O)c21. The summed E-state index contributed by atoms with van der Waals surface area (Å²) in [5.74, 6) is 0.666. The summed E-state index contributed by atoms with van der Waals surface area (Å²) in [4.78, 5) is 4.45. The highest BCUT2D eigenvalue weighted by atomic mass is 16.3. The van der Waals surface area contributed by atoms with Crippen LogP contribution in [0.15, 0.2) is 36.4 Å². The number of aromatic hydroxyl groups is 2. The summed E-state index contributed by atoms with van der Waals surface area (Å²) in [6, 6.07) is 8.10. The van der Waals surface area contributed by atoms with Crippen LogP contribution in [0.5, 0.6) is 11.5 Å². The van der Waals surface area contributed by atoms with Gasteiger partial charge in [0, 0.05) is 50.7 Å². The van der Waals surface area contributed by atoms with Crippen LogP contribution in [0.1, 0.15) is 61.8 Å². The lowest BCUT2D eigenvalue weighted by atomic mass is 9.96. The van der Waals surface area contributed by atoms with Crippen molar-refractivity contribution in [2.45, 2.75) is 65.5 Å². The molecule has 36 heavy (non-hydrogen) atoms. The highest BCUT2D eigenvalue weighted by Crippen LogP contribution is 2.41. The summed E-state index contributed by atoms with van der Waals surface area (Å²) >= 11 is 0. The van der Waals surface area contributed by atoms with Crippen molar-refractivity contribution < 1.29 is 10.2 Å². The zero-order valence-electron chi connectivity index (χ0n) is 22.7. The summed E-state index contributed by atoms with van der Waals surface area (Å²) in [6.45, 7) is 10.3. The molecule has 2 aromatic rings. The van der Waals surface area contributed by atoms with Crippen LogP contribution in [-0.4, -0.2) is 49.5 Å². The molecule has 194 valence electrons. The highest BCUT2D eigenvalue weighted by Gasteiger charge is 2.26. The van der Waals surface area contributed by atoms with Gasteiger partial charge in [-0.15, -0.1) is 0 Å². The van der Waals surface area contributed by atoms with Crippen molar-refractivity contribution in [1.82, 2.24) is 10.6 Å². The van der Waals surface area contributed by atoms with Crippen molar-refractivity contribution in [2.24, 2.45) is 0 Å². The van der Waals surface area contributed by atoms with Gasteiger partial charge in [0.25, 0.3) is 0 Å². The zero-order valence-corrected chi connectivity index (χ0v) is 22.7. The molecule has 0 aromatic heterocycles. The molecular formula is C30H42N4O2. The molecule has 0 saturated heterocycles. The molecule has 6 heteroatoms. The molecule has 0 amide bonds. The standard InChI is InChI=1S/C30H42N4O2/c1-19-11-13-25(35)27-23(17-21(3)33(5)29(19)27)31-15-9-7-8-10-16-32-24-18-22(4)34(6)30-20(2)12-14-26(36)28(24)30/h11-14,17-18,21-22,31-32,35-36H,7-10,15-16H2,1-6H3. The lowest BCUT2D eigenvalue weighted by molar-refractivity contribution is 0.471. The molecule has 0 fully saturated rings. The van der Waals surface area contributed by atoms with Crippen molar-refractivity contribution >= 4 is 22.8 Å². The van der Waals surface area contributed by atoms with Crippen LogP contribution < -0.4 is 20.4 Å². The lowest BCUT2D eigenvalue weighted by Gasteiger charge is -2.35. The number of phenols is 2. The Labute approximate surface area is 216 Å². The Morgan fingerprint density at radius 1 is 0.667 bits per heavy atom. The minimum absolute atomic E-state index is 0.275. The first-order valence-corrected chi connectivity index (χ1v) is 13.2. The summed E-state index contributed by atoms with van der Waals surface area (Å²) in [7, 11) is 4.17. The fourth-order valence-electron chi connectivity index (χ4n) is 5.43. The van der Waals surface area contributed by atoms with E-state index in [0.29, 0.717) is 11.5 Å². The summed E-state index contributed by atoms with van der Waals surface area (Å²) in [5.41, 5.74) is 8.48. The van der Waals surface area contributed by atoms with Crippen LogP contribution >= 0.6 is 0 Å². The Morgan fingerprint density at radius 2 is 1.06 bits per heavy atom. The molecule has 6 nitrogen and oxygen atoms in total. The first kappa shape index (κ1) is 25.8. The zero-order chi connectivity index (χ0) is 26.0. The maximum Gasteiger partial charge on any atom is 0.126 e. The minimum atomic E-state index is 0.275. The third-order valence-electron chi connectivity index (χ3n) is 7.73. The number of phenolic OH excluding ortho intramolecular Hbond substituents is 2. The molecule has 0 bridgehead atoms. The first-order valence-electron chi connectivity index (χ1n) is 13.2. The van der Waals surface area contributed by atoms with Gasteiger partial charge in [-0.25, -0.2) is 0 Å². The Bertz CT molecular complexity index is 1080. The van der Waals surface area contributed by atoms with Crippen molar-refractivity contribution in [1.29, 1.82) is 0 Å². The molecule has 4 rings (SSSR count). The molecular weight excluding hydrogens is 448 g/mol. The number of hydrogen-bond acceptors (Lipinski definition) is 6. The molecule has 2 atom stereocenters. The predicted molar refractivity (Wildman–Crippen MR) is 152 cm³/mol. The molecule has 2 unspecified atom stereocenters. The quantitative estimate of drug-likeness (QED) is 0.347. The average Bonchev–Trinajstić information content (AvgIpc) is 2.84. The van der Waals surface area contributed by atoms with Gasteiger partial charge in [-0.05, 0) is 75.9 Å². The van der Waals surface area contributed by atoms with E-state index in [0.717, 1.165) is 72.7 Å². The Hall–Kier alpha value is -3.28. The van der Waals surface area contributed by atoms with Gasteiger partial charge in [0.1, 0.15) is 11.5 Å². The van der Waals surface area contributed by atoms with E-state index in [1.54, 1.807) is 12.1 Å². The summed E-state index contributed by atoms with van der Waals surface area (Å²) < 4.78 is 0. The van der Waals surface area contributed by atoms with Gasteiger partial charge in [-0.3, -0.25) is 0 Å². The molecule has 2 aliphatic heterocycles. The number of aryl methyl sites for hydroxylation is 2. The van der Waals surface area contributed by atoms with Crippen LogP contribution in [0.25, 0.3) is 11.4 Å². The largest absolute Gasteiger partial charge is 0.507 e. The first-order chi connectivity index (χ1) is 17.2. The molecule has 0 saturated carbocycles. The smallest absolute Gasteiger partial charge is 0.126 e. The van der Waals surface area contributed by atoms with Gasteiger partial charge in [-0.1, -0.05) is 25.0 Å². The van der Waals surface area contributed by atoms with E-state index < -0.39 is 0 Å². The topological polar surface area (TPSA) is 71.0 Å². The lowest BCUT2D eigenvalue weighted by Crippen LogP contribution is -2.34. The van der Waals surface area contributed by atoms with E-state index in [1.807, 2.05) is 12.1 Å². The Balaban J connectivity index is 1.25.